The quantitative estimate of drug-likeness (QED) is 0.658. The number of carbonyl (C=O) groups excluding carboxylic acids is 1. The predicted molar refractivity (Wildman–Crippen MR) is 128 cm³/mol. The minimum absolute atomic E-state index is 0.0348. The van der Waals surface area contributed by atoms with E-state index in [4.69, 9.17) is 11.6 Å². The number of sulfonamides is 1. The Kier molecular flexibility index (Phi) is 7.98. The average molecular weight is 478 g/mol. The van der Waals surface area contributed by atoms with Gasteiger partial charge in [0, 0.05) is 30.6 Å². The number of carbonyl (C=O) groups is 1. The summed E-state index contributed by atoms with van der Waals surface area (Å²) in [4.78, 5) is 15.2. The summed E-state index contributed by atoms with van der Waals surface area (Å²) in [5.41, 5.74) is 2.75. The van der Waals surface area contributed by atoms with Gasteiger partial charge in [-0.3, -0.25) is 4.79 Å². The first-order chi connectivity index (χ1) is 15.1. The Labute approximate surface area is 196 Å². The summed E-state index contributed by atoms with van der Waals surface area (Å²) in [6.07, 6.45) is 1.02. The van der Waals surface area contributed by atoms with Gasteiger partial charge in [-0.1, -0.05) is 47.5 Å². The van der Waals surface area contributed by atoms with E-state index in [1.54, 1.807) is 6.07 Å². The predicted octanol–water partition coefficient (Wildman–Crippen LogP) is 3.78. The van der Waals surface area contributed by atoms with E-state index in [0.717, 1.165) is 16.7 Å². The SMILES string of the molecule is Cc1ccc(S(=O)(=O)N2CCC(C(=O)NC[C@H](c3ccccc3Cl)N(C)C)CC2)c(C)c1. The van der Waals surface area contributed by atoms with Crippen LogP contribution in [0.3, 0.4) is 0 Å². The van der Waals surface area contributed by atoms with Crippen LogP contribution in [0.1, 0.15) is 35.6 Å². The lowest BCUT2D eigenvalue weighted by atomic mass is 9.97. The molecule has 1 heterocycles. The standard InChI is InChI=1S/C24H32ClN3O3S/c1-17-9-10-23(18(2)15-17)32(30,31)28-13-11-19(12-14-28)24(29)26-16-22(27(3)4)20-7-5-6-8-21(20)25/h5-10,15,19,22H,11-14,16H2,1-4H3,(H,26,29)/t22-/m1/s1. The molecule has 0 bridgehead atoms. The van der Waals surface area contributed by atoms with Crippen molar-refractivity contribution in [3.05, 3.63) is 64.2 Å². The highest BCUT2D eigenvalue weighted by Gasteiger charge is 2.33. The molecule has 2 aromatic carbocycles. The fraction of sp³-hybridized carbons (Fsp3) is 0.458. The number of nitrogens with one attached hydrogen (secondary N) is 1. The van der Waals surface area contributed by atoms with Crippen LogP contribution in [-0.4, -0.2) is 57.3 Å². The summed E-state index contributed by atoms with van der Waals surface area (Å²) in [6, 6.07) is 13.0. The Bertz CT molecular complexity index is 1060. The van der Waals surface area contributed by atoms with E-state index in [1.807, 2.05) is 69.2 Å². The summed E-state index contributed by atoms with van der Waals surface area (Å²) in [5, 5.41) is 3.72. The highest BCUT2D eigenvalue weighted by molar-refractivity contribution is 7.89. The Morgan fingerprint density at radius 2 is 1.81 bits per heavy atom. The second-order valence-electron chi connectivity index (χ2n) is 8.69. The van der Waals surface area contributed by atoms with Crippen LogP contribution in [0.15, 0.2) is 47.4 Å². The summed E-state index contributed by atoms with van der Waals surface area (Å²) < 4.78 is 27.7. The minimum Gasteiger partial charge on any atom is -0.354 e. The molecule has 0 aromatic heterocycles. The van der Waals surface area contributed by atoms with Crippen molar-refractivity contribution >= 4 is 27.5 Å². The van der Waals surface area contributed by atoms with Crippen molar-refractivity contribution in [2.45, 2.75) is 37.6 Å². The lowest BCUT2D eigenvalue weighted by Gasteiger charge is -2.32. The average Bonchev–Trinajstić information content (AvgIpc) is 2.74. The highest BCUT2D eigenvalue weighted by atomic mass is 35.5. The third-order valence-corrected chi connectivity index (χ3v) is 8.53. The molecule has 1 aliphatic rings. The second kappa shape index (κ2) is 10.3. The molecule has 0 saturated carbocycles. The Balaban J connectivity index is 1.60. The van der Waals surface area contributed by atoms with E-state index in [2.05, 4.69) is 5.32 Å². The third kappa shape index (κ3) is 5.52. The smallest absolute Gasteiger partial charge is 0.243 e. The van der Waals surface area contributed by atoms with Gasteiger partial charge >= 0.3 is 0 Å². The van der Waals surface area contributed by atoms with Crippen molar-refractivity contribution in [3.8, 4) is 0 Å². The van der Waals surface area contributed by atoms with E-state index in [9.17, 15) is 13.2 Å². The van der Waals surface area contributed by atoms with Gasteiger partial charge in [0.1, 0.15) is 0 Å². The van der Waals surface area contributed by atoms with E-state index in [-0.39, 0.29) is 17.9 Å². The van der Waals surface area contributed by atoms with Crippen LogP contribution in [0, 0.1) is 19.8 Å². The van der Waals surface area contributed by atoms with Gasteiger partial charge in [-0.05, 0) is 64.0 Å². The molecule has 1 atom stereocenters. The molecule has 1 N–H and O–H groups in total. The zero-order valence-corrected chi connectivity index (χ0v) is 20.7. The molecule has 1 saturated heterocycles. The van der Waals surface area contributed by atoms with Crippen molar-refractivity contribution in [1.29, 1.82) is 0 Å². The normalized spacial score (nSPS) is 16.8. The number of rotatable bonds is 7. The van der Waals surface area contributed by atoms with Crippen LogP contribution in [0.5, 0.6) is 0 Å². The Hall–Kier alpha value is -1.93. The largest absolute Gasteiger partial charge is 0.354 e. The molecule has 1 aliphatic heterocycles. The molecular weight excluding hydrogens is 446 g/mol. The zero-order valence-electron chi connectivity index (χ0n) is 19.1. The minimum atomic E-state index is -3.56. The monoisotopic (exact) mass is 477 g/mol. The molecular formula is C24H32ClN3O3S. The van der Waals surface area contributed by atoms with Gasteiger partial charge < -0.3 is 10.2 Å². The number of piperidine rings is 1. The van der Waals surface area contributed by atoms with Crippen LogP contribution >= 0.6 is 11.6 Å². The van der Waals surface area contributed by atoms with Crippen molar-refractivity contribution in [2.75, 3.05) is 33.7 Å². The number of nitrogens with zero attached hydrogens (tertiary/aromatic N) is 2. The summed E-state index contributed by atoms with van der Waals surface area (Å²) in [5.74, 6) is -0.234. The van der Waals surface area contributed by atoms with Gasteiger partial charge in [0.25, 0.3) is 0 Å². The number of hydrogen-bond donors (Lipinski definition) is 1. The van der Waals surface area contributed by atoms with Gasteiger partial charge in [-0.25, -0.2) is 8.42 Å². The van der Waals surface area contributed by atoms with Gasteiger partial charge in [-0.15, -0.1) is 0 Å². The molecule has 8 heteroatoms. The van der Waals surface area contributed by atoms with Gasteiger partial charge in [-0.2, -0.15) is 4.31 Å². The molecule has 0 unspecified atom stereocenters. The Morgan fingerprint density at radius 3 is 2.41 bits per heavy atom. The summed E-state index contributed by atoms with van der Waals surface area (Å²) in [6.45, 7) is 4.89. The van der Waals surface area contributed by atoms with Crippen LogP contribution in [-0.2, 0) is 14.8 Å². The van der Waals surface area contributed by atoms with Crippen LogP contribution < -0.4 is 5.32 Å². The van der Waals surface area contributed by atoms with Crippen molar-refractivity contribution in [3.63, 3.8) is 0 Å². The number of amides is 1. The van der Waals surface area contributed by atoms with Crippen molar-refractivity contribution < 1.29 is 13.2 Å². The molecule has 0 radical (unpaired) electrons. The molecule has 6 nitrogen and oxygen atoms in total. The van der Waals surface area contributed by atoms with Crippen LogP contribution in [0.2, 0.25) is 5.02 Å². The summed E-state index contributed by atoms with van der Waals surface area (Å²) in [7, 11) is 0.354. The number of aryl methyl sites for hydroxylation is 2. The van der Waals surface area contributed by atoms with E-state index < -0.39 is 10.0 Å². The molecule has 0 spiro atoms. The molecule has 2 aromatic rings. The van der Waals surface area contributed by atoms with E-state index in [1.165, 1.54) is 4.31 Å². The summed E-state index contributed by atoms with van der Waals surface area (Å²) >= 11 is 6.35. The van der Waals surface area contributed by atoms with Crippen molar-refractivity contribution in [2.24, 2.45) is 5.92 Å². The van der Waals surface area contributed by atoms with Crippen LogP contribution in [0.25, 0.3) is 0 Å². The molecule has 174 valence electrons. The second-order valence-corrected chi connectivity index (χ2v) is 11.0. The maximum absolute atomic E-state index is 13.1. The fourth-order valence-corrected chi connectivity index (χ4v) is 6.18. The number of benzene rings is 2. The molecule has 1 fully saturated rings. The zero-order chi connectivity index (χ0) is 23.5. The number of hydrogen-bond acceptors (Lipinski definition) is 4. The Morgan fingerprint density at radius 1 is 1.16 bits per heavy atom. The first-order valence-electron chi connectivity index (χ1n) is 10.9. The molecule has 32 heavy (non-hydrogen) atoms. The molecule has 0 aliphatic carbocycles. The van der Waals surface area contributed by atoms with E-state index in [0.29, 0.717) is 42.4 Å². The topological polar surface area (TPSA) is 69.7 Å². The first-order valence-corrected chi connectivity index (χ1v) is 12.7. The lowest BCUT2D eigenvalue weighted by molar-refractivity contribution is -0.126. The van der Waals surface area contributed by atoms with Gasteiger partial charge in [0.05, 0.1) is 10.9 Å². The van der Waals surface area contributed by atoms with E-state index >= 15 is 0 Å². The highest BCUT2D eigenvalue weighted by Crippen LogP contribution is 2.28. The third-order valence-electron chi connectivity index (χ3n) is 6.13. The fourth-order valence-electron chi connectivity index (χ4n) is 4.24. The molecule has 1 amide bonds. The molecule has 3 rings (SSSR count). The number of halogens is 1. The van der Waals surface area contributed by atoms with Crippen molar-refractivity contribution in [1.82, 2.24) is 14.5 Å². The maximum atomic E-state index is 13.1. The first kappa shape index (κ1) is 24.7. The van der Waals surface area contributed by atoms with Gasteiger partial charge in [0.15, 0.2) is 0 Å². The van der Waals surface area contributed by atoms with Gasteiger partial charge in [0.2, 0.25) is 15.9 Å². The lowest BCUT2D eigenvalue weighted by Crippen LogP contribution is -2.44. The number of likely N-dealkylation sites (N-methyl/N-ethyl adjacent to an activating group) is 1. The maximum Gasteiger partial charge on any atom is 0.243 e. The van der Waals surface area contributed by atoms with Crippen LogP contribution in [0.4, 0.5) is 0 Å².